The fraction of sp³-hybridized carbons (Fsp3) is 0.692. The predicted octanol–water partition coefficient (Wildman–Crippen LogP) is 3.31. The standard InChI is InChI=1S/C13H19F3N4/c1-3-6-17-10-8-11(20-7-4-5-9(20)2)19-12(18-10)13(14,15)16/h8-9H,3-7H2,1-2H3,(H,17,18,19). The minimum Gasteiger partial charge on any atom is -0.370 e. The van der Waals surface area contributed by atoms with Gasteiger partial charge in [-0.1, -0.05) is 6.92 Å². The van der Waals surface area contributed by atoms with Crippen LogP contribution in [0.2, 0.25) is 0 Å². The molecule has 0 radical (unpaired) electrons. The van der Waals surface area contributed by atoms with Crippen molar-refractivity contribution in [1.82, 2.24) is 9.97 Å². The van der Waals surface area contributed by atoms with Crippen LogP contribution in [-0.4, -0.2) is 29.1 Å². The van der Waals surface area contributed by atoms with Gasteiger partial charge in [0, 0.05) is 25.2 Å². The summed E-state index contributed by atoms with van der Waals surface area (Å²) in [4.78, 5) is 9.17. The second-order valence-corrected chi connectivity index (χ2v) is 5.04. The number of aromatic nitrogens is 2. The molecular formula is C13H19F3N4. The summed E-state index contributed by atoms with van der Waals surface area (Å²) in [5, 5.41) is 2.91. The Balaban J connectivity index is 2.34. The van der Waals surface area contributed by atoms with Crippen LogP contribution in [0.25, 0.3) is 0 Å². The number of nitrogens with one attached hydrogen (secondary N) is 1. The molecule has 7 heteroatoms. The number of rotatable bonds is 4. The highest BCUT2D eigenvalue weighted by Crippen LogP contribution is 2.31. The van der Waals surface area contributed by atoms with E-state index in [1.165, 1.54) is 0 Å². The molecule has 2 heterocycles. The van der Waals surface area contributed by atoms with Crippen LogP contribution >= 0.6 is 0 Å². The quantitative estimate of drug-likeness (QED) is 0.923. The fourth-order valence-corrected chi connectivity index (χ4v) is 2.33. The van der Waals surface area contributed by atoms with E-state index in [0.29, 0.717) is 12.4 Å². The van der Waals surface area contributed by atoms with Gasteiger partial charge in [0.15, 0.2) is 0 Å². The normalized spacial score (nSPS) is 19.4. The third kappa shape index (κ3) is 3.32. The average molecular weight is 288 g/mol. The van der Waals surface area contributed by atoms with Gasteiger partial charge in [-0.25, -0.2) is 9.97 Å². The minimum atomic E-state index is -4.53. The maximum atomic E-state index is 12.9. The largest absolute Gasteiger partial charge is 0.451 e. The molecule has 112 valence electrons. The molecule has 1 atom stereocenters. The van der Waals surface area contributed by atoms with Crippen LogP contribution in [0.4, 0.5) is 24.8 Å². The summed E-state index contributed by atoms with van der Waals surface area (Å²) in [6, 6.07) is 1.82. The second kappa shape index (κ2) is 5.85. The van der Waals surface area contributed by atoms with Crippen LogP contribution in [0.1, 0.15) is 38.9 Å². The van der Waals surface area contributed by atoms with Crippen LogP contribution in [0, 0.1) is 0 Å². The topological polar surface area (TPSA) is 41.0 Å². The van der Waals surface area contributed by atoms with Crippen LogP contribution in [0.5, 0.6) is 0 Å². The van der Waals surface area contributed by atoms with Crippen LogP contribution in [0.3, 0.4) is 0 Å². The van der Waals surface area contributed by atoms with Gasteiger partial charge in [-0.15, -0.1) is 0 Å². The lowest BCUT2D eigenvalue weighted by atomic mass is 10.2. The Morgan fingerprint density at radius 3 is 2.70 bits per heavy atom. The molecule has 4 nitrogen and oxygen atoms in total. The third-order valence-corrected chi connectivity index (χ3v) is 3.37. The molecular weight excluding hydrogens is 269 g/mol. The van der Waals surface area contributed by atoms with Crippen molar-refractivity contribution >= 4 is 11.6 Å². The Morgan fingerprint density at radius 2 is 2.15 bits per heavy atom. The van der Waals surface area contributed by atoms with Crippen molar-refractivity contribution in [3.8, 4) is 0 Å². The van der Waals surface area contributed by atoms with Gasteiger partial charge in [-0.2, -0.15) is 13.2 Å². The molecule has 1 fully saturated rings. The molecule has 1 aliphatic rings. The molecule has 2 rings (SSSR count). The highest BCUT2D eigenvalue weighted by molar-refractivity contribution is 5.51. The number of alkyl halides is 3. The summed E-state index contributed by atoms with van der Waals surface area (Å²) < 4.78 is 38.6. The van der Waals surface area contributed by atoms with E-state index in [-0.39, 0.29) is 11.9 Å². The number of nitrogens with zero attached hydrogens (tertiary/aromatic N) is 3. The molecule has 0 amide bonds. The molecule has 0 spiro atoms. The molecule has 0 bridgehead atoms. The Morgan fingerprint density at radius 1 is 1.40 bits per heavy atom. The molecule has 1 aliphatic heterocycles. The first-order chi connectivity index (χ1) is 9.41. The molecule has 1 saturated heterocycles. The third-order valence-electron chi connectivity index (χ3n) is 3.37. The van der Waals surface area contributed by atoms with Gasteiger partial charge in [0.25, 0.3) is 0 Å². The first-order valence-electron chi connectivity index (χ1n) is 6.88. The van der Waals surface area contributed by atoms with Crippen molar-refractivity contribution in [3.63, 3.8) is 0 Å². The van der Waals surface area contributed by atoms with Gasteiger partial charge >= 0.3 is 6.18 Å². The second-order valence-electron chi connectivity index (χ2n) is 5.04. The zero-order chi connectivity index (χ0) is 14.8. The molecule has 1 unspecified atom stereocenters. The monoisotopic (exact) mass is 288 g/mol. The minimum absolute atomic E-state index is 0.213. The van der Waals surface area contributed by atoms with Gasteiger partial charge in [0.05, 0.1) is 0 Å². The Labute approximate surface area is 116 Å². The van der Waals surface area contributed by atoms with E-state index in [2.05, 4.69) is 15.3 Å². The Bertz CT molecular complexity index is 461. The number of hydrogen-bond acceptors (Lipinski definition) is 4. The summed E-state index contributed by atoms with van der Waals surface area (Å²) in [7, 11) is 0. The smallest absolute Gasteiger partial charge is 0.370 e. The number of hydrogen-bond donors (Lipinski definition) is 1. The molecule has 1 aromatic heterocycles. The van der Waals surface area contributed by atoms with Gasteiger partial charge < -0.3 is 10.2 Å². The van der Waals surface area contributed by atoms with Crippen molar-refractivity contribution in [2.24, 2.45) is 0 Å². The van der Waals surface area contributed by atoms with Gasteiger partial charge in [0.1, 0.15) is 11.6 Å². The van der Waals surface area contributed by atoms with E-state index in [4.69, 9.17) is 0 Å². The molecule has 0 aromatic carbocycles. The summed E-state index contributed by atoms with van der Waals surface area (Å²) in [6.45, 7) is 5.27. The summed E-state index contributed by atoms with van der Waals surface area (Å²) in [5.74, 6) is -0.480. The molecule has 20 heavy (non-hydrogen) atoms. The van der Waals surface area contributed by atoms with Crippen molar-refractivity contribution in [1.29, 1.82) is 0 Å². The number of anilines is 2. The maximum absolute atomic E-state index is 12.9. The molecule has 0 saturated carbocycles. The molecule has 1 N–H and O–H groups in total. The van der Waals surface area contributed by atoms with Crippen LogP contribution in [0.15, 0.2) is 6.07 Å². The van der Waals surface area contributed by atoms with E-state index in [0.717, 1.165) is 25.8 Å². The highest BCUT2D eigenvalue weighted by atomic mass is 19.4. The summed E-state index contributed by atoms with van der Waals surface area (Å²) >= 11 is 0. The zero-order valence-corrected chi connectivity index (χ0v) is 11.7. The highest BCUT2D eigenvalue weighted by Gasteiger charge is 2.36. The van der Waals surface area contributed by atoms with Crippen molar-refractivity contribution in [3.05, 3.63) is 11.9 Å². The first-order valence-corrected chi connectivity index (χ1v) is 6.88. The van der Waals surface area contributed by atoms with E-state index in [1.54, 1.807) is 6.07 Å². The van der Waals surface area contributed by atoms with Crippen LogP contribution in [-0.2, 0) is 6.18 Å². The van der Waals surface area contributed by atoms with Crippen molar-refractivity contribution in [2.45, 2.75) is 45.3 Å². The van der Waals surface area contributed by atoms with Gasteiger partial charge in [0.2, 0.25) is 5.82 Å². The number of halogens is 3. The lowest BCUT2D eigenvalue weighted by molar-refractivity contribution is -0.144. The zero-order valence-electron chi connectivity index (χ0n) is 11.7. The van der Waals surface area contributed by atoms with E-state index in [9.17, 15) is 13.2 Å². The predicted molar refractivity (Wildman–Crippen MR) is 71.9 cm³/mol. The lowest BCUT2D eigenvalue weighted by Gasteiger charge is -2.23. The Hall–Kier alpha value is -1.53. The average Bonchev–Trinajstić information content (AvgIpc) is 2.81. The lowest BCUT2D eigenvalue weighted by Crippen LogP contribution is -2.28. The first kappa shape index (κ1) is 14.9. The van der Waals surface area contributed by atoms with E-state index >= 15 is 0 Å². The van der Waals surface area contributed by atoms with Gasteiger partial charge in [-0.3, -0.25) is 0 Å². The summed E-state index contributed by atoms with van der Waals surface area (Å²) in [5.41, 5.74) is 0. The Kier molecular flexibility index (Phi) is 4.35. The maximum Gasteiger partial charge on any atom is 0.451 e. The fourth-order valence-electron chi connectivity index (χ4n) is 2.33. The van der Waals surface area contributed by atoms with E-state index in [1.807, 2.05) is 18.7 Å². The van der Waals surface area contributed by atoms with Gasteiger partial charge in [-0.05, 0) is 26.2 Å². The molecule has 0 aliphatic carbocycles. The van der Waals surface area contributed by atoms with Crippen molar-refractivity contribution in [2.75, 3.05) is 23.3 Å². The SMILES string of the molecule is CCCNc1cc(N2CCCC2C)nc(C(F)(F)F)n1. The molecule has 1 aromatic rings. The van der Waals surface area contributed by atoms with Crippen molar-refractivity contribution < 1.29 is 13.2 Å². The van der Waals surface area contributed by atoms with E-state index < -0.39 is 12.0 Å². The summed E-state index contributed by atoms with van der Waals surface area (Å²) in [6.07, 6.45) is -1.75. The van der Waals surface area contributed by atoms with Crippen LogP contribution < -0.4 is 10.2 Å².